The van der Waals surface area contributed by atoms with E-state index in [9.17, 15) is 26.8 Å². The molecule has 268 valence electrons. The van der Waals surface area contributed by atoms with Gasteiger partial charge in [0.1, 0.15) is 33.7 Å². The molecule has 0 atom stereocenters. The fraction of sp³-hybridized carbons (Fsp3) is 0.400. The molecule has 1 aliphatic rings. The van der Waals surface area contributed by atoms with Crippen molar-refractivity contribution in [3.05, 3.63) is 75.8 Å². The van der Waals surface area contributed by atoms with Gasteiger partial charge >= 0.3 is 6.09 Å². The number of carbonyl (C=O) groups excluding carboxylic acids is 2. The first kappa shape index (κ1) is 37.3. The number of nitrogens with zero attached hydrogens (tertiary/aromatic N) is 3. The summed E-state index contributed by atoms with van der Waals surface area (Å²) in [4.78, 5) is 34.8. The Labute approximate surface area is 299 Å². The van der Waals surface area contributed by atoms with Gasteiger partial charge in [0.2, 0.25) is 10.0 Å². The summed E-state index contributed by atoms with van der Waals surface area (Å²) in [5.74, 6) is -1.20. The number of amides is 2. The minimum absolute atomic E-state index is 0.0203. The summed E-state index contributed by atoms with van der Waals surface area (Å²) in [7, 11) is -0.281. The predicted octanol–water partition coefficient (Wildman–Crippen LogP) is 8.10. The fourth-order valence-electron chi connectivity index (χ4n) is 6.05. The SMILES string of the molecule is COc1ccc(-c2ccc(NS(C)(=O)=O)nc2)cc1CN(C(=O)c1sc2c(F)ccc(F)c2c1Cl)C1CCC(N(C)C(=O)OC(C)(C)C)CC1. The molecule has 5 rings (SSSR count). The van der Waals surface area contributed by atoms with E-state index in [1.165, 1.54) is 13.3 Å². The van der Waals surface area contributed by atoms with Gasteiger partial charge in [0.25, 0.3) is 5.91 Å². The van der Waals surface area contributed by atoms with Crippen LogP contribution >= 0.6 is 22.9 Å². The number of carbonyl (C=O) groups is 2. The second-order valence-corrected chi connectivity index (χ2v) is 16.4. The molecule has 0 saturated heterocycles. The number of thiophene rings is 1. The van der Waals surface area contributed by atoms with Gasteiger partial charge in [-0.05, 0) is 88.4 Å². The summed E-state index contributed by atoms with van der Waals surface area (Å²) in [5, 5.41) is -0.284. The minimum Gasteiger partial charge on any atom is -0.496 e. The average molecular weight is 749 g/mol. The number of fused-ring (bicyclic) bond motifs is 1. The molecular weight excluding hydrogens is 710 g/mol. The lowest BCUT2D eigenvalue weighted by atomic mass is 9.89. The standard InChI is InChI=1S/C35H39ClF2N4O6S2/c1-35(2,3)48-34(44)41(4)23-9-11-24(12-10-23)42(33(43)32-30(36)29-25(37)13-14-26(38)31(29)49-32)19-22-17-20(7-15-27(22)47-5)21-8-16-28(39-18-21)40-50(6,45)46/h7-8,13-18,23-24H,9-12,19H2,1-6H3,(H,39,40). The van der Waals surface area contributed by atoms with Crippen LogP contribution in [0.3, 0.4) is 0 Å². The van der Waals surface area contributed by atoms with Gasteiger partial charge in [-0.25, -0.2) is 27.0 Å². The molecule has 0 radical (unpaired) electrons. The number of methoxy groups -OCH3 is 1. The van der Waals surface area contributed by atoms with Crippen LogP contribution < -0.4 is 9.46 Å². The van der Waals surface area contributed by atoms with Crippen molar-refractivity contribution in [2.24, 2.45) is 0 Å². The number of hydrogen-bond acceptors (Lipinski definition) is 8. The Kier molecular flexibility index (Phi) is 10.9. The Morgan fingerprint density at radius 2 is 1.66 bits per heavy atom. The number of aromatic nitrogens is 1. The van der Waals surface area contributed by atoms with Crippen LogP contribution in [0.4, 0.5) is 19.4 Å². The van der Waals surface area contributed by atoms with Crippen molar-refractivity contribution in [1.29, 1.82) is 0 Å². The van der Waals surface area contributed by atoms with Crippen LogP contribution in [0.15, 0.2) is 48.7 Å². The van der Waals surface area contributed by atoms with Crippen molar-refractivity contribution in [3.63, 3.8) is 0 Å². The smallest absolute Gasteiger partial charge is 0.410 e. The van der Waals surface area contributed by atoms with E-state index < -0.39 is 39.3 Å². The zero-order chi connectivity index (χ0) is 36.5. The number of halogens is 3. The van der Waals surface area contributed by atoms with Gasteiger partial charge in [-0.15, -0.1) is 11.3 Å². The number of ether oxygens (including phenoxy) is 2. The van der Waals surface area contributed by atoms with Gasteiger partial charge in [-0.2, -0.15) is 0 Å². The van der Waals surface area contributed by atoms with Crippen LogP contribution in [0.25, 0.3) is 21.2 Å². The van der Waals surface area contributed by atoms with Gasteiger partial charge in [-0.1, -0.05) is 17.7 Å². The lowest BCUT2D eigenvalue weighted by Crippen LogP contribution is -2.47. The third-order valence-corrected chi connectivity index (χ3v) is 10.7. The molecule has 1 aliphatic carbocycles. The van der Waals surface area contributed by atoms with E-state index in [0.29, 0.717) is 42.6 Å². The van der Waals surface area contributed by atoms with Crippen LogP contribution in [-0.4, -0.2) is 73.3 Å². The fourth-order valence-corrected chi connectivity index (χ4v) is 8.06. The predicted molar refractivity (Wildman–Crippen MR) is 191 cm³/mol. The number of anilines is 1. The largest absolute Gasteiger partial charge is 0.496 e. The molecule has 0 bridgehead atoms. The maximum atomic E-state index is 14.8. The summed E-state index contributed by atoms with van der Waals surface area (Å²) in [6.07, 6.45) is 4.39. The van der Waals surface area contributed by atoms with E-state index in [2.05, 4.69) is 9.71 Å². The first-order chi connectivity index (χ1) is 23.5. The number of nitrogens with one attached hydrogen (secondary N) is 1. The molecule has 2 aromatic carbocycles. The summed E-state index contributed by atoms with van der Waals surface area (Å²) >= 11 is 7.42. The van der Waals surface area contributed by atoms with Gasteiger partial charge in [0, 0.05) is 43.0 Å². The van der Waals surface area contributed by atoms with Gasteiger partial charge in [0.05, 0.1) is 28.5 Å². The zero-order valence-corrected chi connectivity index (χ0v) is 30.9. The molecule has 2 amide bonds. The quantitative estimate of drug-likeness (QED) is 0.184. The number of hydrogen-bond donors (Lipinski definition) is 1. The van der Waals surface area contributed by atoms with Gasteiger partial charge in [0.15, 0.2) is 0 Å². The second-order valence-electron chi connectivity index (χ2n) is 13.3. The Hall–Kier alpha value is -4.01. The molecule has 0 unspecified atom stereocenters. The van der Waals surface area contributed by atoms with E-state index in [4.69, 9.17) is 21.1 Å². The molecule has 2 heterocycles. The molecule has 2 aromatic heterocycles. The number of benzene rings is 2. The van der Waals surface area contributed by atoms with Crippen molar-refractivity contribution in [2.75, 3.05) is 25.1 Å². The molecule has 15 heteroatoms. The first-order valence-corrected chi connectivity index (χ1v) is 19.0. The zero-order valence-electron chi connectivity index (χ0n) is 28.6. The van der Waals surface area contributed by atoms with Crippen LogP contribution in [0.2, 0.25) is 5.02 Å². The maximum absolute atomic E-state index is 14.8. The molecule has 1 N–H and O–H groups in total. The Morgan fingerprint density at radius 1 is 1.02 bits per heavy atom. The highest BCUT2D eigenvalue weighted by molar-refractivity contribution is 7.92. The molecule has 50 heavy (non-hydrogen) atoms. The van der Waals surface area contributed by atoms with Crippen LogP contribution in [0.1, 0.15) is 61.7 Å². The monoisotopic (exact) mass is 748 g/mol. The van der Waals surface area contributed by atoms with Crippen LogP contribution in [-0.2, 0) is 21.3 Å². The maximum Gasteiger partial charge on any atom is 0.410 e. The number of rotatable bonds is 9. The molecular formula is C35H39ClF2N4O6S2. The molecule has 0 aliphatic heterocycles. The lowest BCUT2D eigenvalue weighted by Gasteiger charge is -2.40. The molecule has 1 saturated carbocycles. The van der Waals surface area contributed by atoms with E-state index >= 15 is 0 Å². The van der Waals surface area contributed by atoms with Crippen molar-refractivity contribution in [2.45, 2.75) is 70.7 Å². The minimum atomic E-state index is -3.50. The summed E-state index contributed by atoms with van der Waals surface area (Å²) in [6.45, 7) is 5.49. The van der Waals surface area contributed by atoms with E-state index in [1.807, 2.05) is 12.1 Å². The summed E-state index contributed by atoms with van der Waals surface area (Å²) in [5.41, 5.74) is 1.43. The Bertz CT molecular complexity index is 2010. The van der Waals surface area contributed by atoms with E-state index in [1.54, 1.807) is 55.8 Å². The van der Waals surface area contributed by atoms with Crippen LogP contribution in [0.5, 0.6) is 5.75 Å². The summed E-state index contributed by atoms with van der Waals surface area (Å²) < 4.78 is 66.4. The first-order valence-electron chi connectivity index (χ1n) is 15.9. The molecule has 10 nitrogen and oxygen atoms in total. The van der Waals surface area contributed by atoms with Crippen molar-refractivity contribution < 1.29 is 36.3 Å². The number of sulfonamides is 1. The van der Waals surface area contributed by atoms with E-state index in [-0.39, 0.29) is 44.4 Å². The molecule has 1 fully saturated rings. The normalized spacial score (nSPS) is 16.6. The van der Waals surface area contributed by atoms with Gasteiger partial charge < -0.3 is 19.3 Å². The number of pyridine rings is 1. The second kappa shape index (κ2) is 14.7. The van der Waals surface area contributed by atoms with E-state index in [0.717, 1.165) is 35.3 Å². The molecule has 4 aromatic rings. The van der Waals surface area contributed by atoms with Crippen molar-refractivity contribution in [3.8, 4) is 16.9 Å². The van der Waals surface area contributed by atoms with Gasteiger partial charge in [-0.3, -0.25) is 9.52 Å². The van der Waals surface area contributed by atoms with Crippen LogP contribution in [0, 0.1) is 11.6 Å². The third kappa shape index (κ3) is 8.47. The van der Waals surface area contributed by atoms with Crippen molar-refractivity contribution in [1.82, 2.24) is 14.8 Å². The highest BCUT2D eigenvalue weighted by Gasteiger charge is 2.35. The topological polar surface area (TPSA) is 118 Å². The Balaban J connectivity index is 1.48. The van der Waals surface area contributed by atoms with Crippen molar-refractivity contribution >= 4 is 60.9 Å². The summed E-state index contributed by atoms with van der Waals surface area (Å²) in [6, 6.07) is 10.3. The highest BCUT2D eigenvalue weighted by atomic mass is 35.5. The average Bonchev–Trinajstić information content (AvgIpc) is 3.41. The third-order valence-electron chi connectivity index (χ3n) is 8.48. The molecule has 0 spiro atoms. The Morgan fingerprint density at radius 3 is 2.24 bits per heavy atom. The highest BCUT2D eigenvalue weighted by Crippen LogP contribution is 2.41. The lowest BCUT2D eigenvalue weighted by molar-refractivity contribution is 0.0144.